The summed E-state index contributed by atoms with van der Waals surface area (Å²) in [4.78, 5) is 4.49. The zero-order valence-electron chi connectivity index (χ0n) is 10.9. The van der Waals surface area contributed by atoms with E-state index in [1.54, 1.807) is 11.3 Å². The predicted octanol–water partition coefficient (Wildman–Crippen LogP) is 3.40. The van der Waals surface area contributed by atoms with Crippen LogP contribution in [0, 0.1) is 6.92 Å². The van der Waals surface area contributed by atoms with Crippen LogP contribution >= 0.6 is 22.9 Å². The Labute approximate surface area is 122 Å². The highest BCUT2D eigenvalue weighted by Gasteiger charge is 2.20. The first-order valence-electron chi connectivity index (χ1n) is 6.62. The Morgan fingerprint density at radius 1 is 1.37 bits per heavy atom. The normalized spacial score (nSPS) is 17.7. The zero-order valence-corrected chi connectivity index (χ0v) is 12.5. The summed E-state index contributed by atoms with van der Waals surface area (Å²) in [6.07, 6.45) is 3.21. The van der Waals surface area contributed by atoms with Crippen LogP contribution in [0.2, 0.25) is 5.02 Å². The van der Waals surface area contributed by atoms with Crippen LogP contribution in [-0.2, 0) is 19.3 Å². The van der Waals surface area contributed by atoms with Gasteiger partial charge in [-0.15, -0.1) is 11.3 Å². The van der Waals surface area contributed by atoms with Crippen LogP contribution in [0.25, 0.3) is 0 Å². The van der Waals surface area contributed by atoms with Crippen LogP contribution in [0.1, 0.15) is 21.8 Å². The molecule has 19 heavy (non-hydrogen) atoms. The first kappa shape index (κ1) is 13.1. The molecule has 0 radical (unpaired) electrons. The molecule has 3 rings (SSSR count). The highest BCUT2D eigenvalue weighted by atomic mass is 35.5. The molecule has 0 aliphatic heterocycles. The monoisotopic (exact) mass is 292 g/mol. The fourth-order valence-corrected chi connectivity index (χ4v) is 3.50. The van der Waals surface area contributed by atoms with Crippen molar-refractivity contribution in [3.63, 3.8) is 0 Å². The number of aromatic nitrogens is 1. The maximum atomic E-state index is 6.03. The Morgan fingerprint density at radius 2 is 2.21 bits per heavy atom. The minimum Gasteiger partial charge on any atom is -0.313 e. The van der Waals surface area contributed by atoms with Gasteiger partial charge < -0.3 is 5.32 Å². The highest BCUT2D eigenvalue weighted by molar-refractivity contribution is 7.09. The van der Waals surface area contributed by atoms with Crippen molar-refractivity contribution in [3.8, 4) is 0 Å². The molecule has 1 heterocycles. The van der Waals surface area contributed by atoms with Crippen molar-refractivity contribution < 1.29 is 0 Å². The van der Waals surface area contributed by atoms with Gasteiger partial charge in [-0.25, -0.2) is 4.98 Å². The van der Waals surface area contributed by atoms with Crippen LogP contribution in [0.5, 0.6) is 0 Å². The molecule has 0 bridgehead atoms. The van der Waals surface area contributed by atoms with E-state index in [4.69, 9.17) is 11.6 Å². The Bertz CT molecular complexity index is 579. The maximum Gasteiger partial charge on any atom is 0.0897 e. The summed E-state index contributed by atoms with van der Waals surface area (Å²) >= 11 is 7.76. The fraction of sp³-hybridized carbons (Fsp3) is 0.400. The van der Waals surface area contributed by atoms with Gasteiger partial charge >= 0.3 is 0 Å². The first-order valence-corrected chi connectivity index (χ1v) is 7.88. The van der Waals surface area contributed by atoms with E-state index in [-0.39, 0.29) is 0 Å². The number of thiazole rings is 1. The summed E-state index contributed by atoms with van der Waals surface area (Å²) in [5.74, 6) is 0. The number of hydrogen-bond donors (Lipinski definition) is 1. The van der Waals surface area contributed by atoms with Gasteiger partial charge in [0.05, 0.1) is 10.7 Å². The van der Waals surface area contributed by atoms with E-state index >= 15 is 0 Å². The molecule has 1 aliphatic carbocycles. The predicted molar refractivity (Wildman–Crippen MR) is 81.2 cm³/mol. The van der Waals surface area contributed by atoms with Crippen molar-refractivity contribution in [2.45, 2.75) is 32.2 Å². The Morgan fingerprint density at radius 3 is 3.00 bits per heavy atom. The molecule has 2 nitrogen and oxygen atoms in total. The molecular formula is C15H17ClN2S. The van der Waals surface area contributed by atoms with Gasteiger partial charge in [-0.1, -0.05) is 17.7 Å². The van der Waals surface area contributed by atoms with Gasteiger partial charge in [0.15, 0.2) is 0 Å². The third-order valence-electron chi connectivity index (χ3n) is 3.58. The Hall–Kier alpha value is -0.900. The molecule has 0 spiro atoms. The van der Waals surface area contributed by atoms with E-state index in [9.17, 15) is 0 Å². The lowest BCUT2D eigenvalue weighted by atomic mass is 10.1. The average Bonchev–Trinajstić information content (AvgIpc) is 2.95. The van der Waals surface area contributed by atoms with Gasteiger partial charge in [0.25, 0.3) is 0 Å². The van der Waals surface area contributed by atoms with Crippen LogP contribution in [-0.4, -0.2) is 17.6 Å². The molecule has 1 atom stereocenters. The van der Waals surface area contributed by atoms with Crippen molar-refractivity contribution in [2.75, 3.05) is 6.54 Å². The molecule has 1 unspecified atom stereocenters. The molecule has 1 N–H and O–H groups in total. The van der Waals surface area contributed by atoms with E-state index in [0.29, 0.717) is 6.04 Å². The van der Waals surface area contributed by atoms with Crippen molar-refractivity contribution in [3.05, 3.63) is 50.4 Å². The summed E-state index contributed by atoms with van der Waals surface area (Å²) in [6.45, 7) is 3.05. The summed E-state index contributed by atoms with van der Waals surface area (Å²) in [5.41, 5.74) is 4.04. The van der Waals surface area contributed by atoms with Gasteiger partial charge in [-0.05, 0) is 43.0 Å². The number of aryl methyl sites for hydroxylation is 1. The van der Waals surface area contributed by atoms with Gasteiger partial charge in [-0.2, -0.15) is 0 Å². The summed E-state index contributed by atoms with van der Waals surface area (Å²) in [7, 11) is 0. The van der Waals surface area contributed by atoms with Crippen LogP contribution in [0.15, 0.2) is 23.6 Å². The minimum absolute atomic E-state index is 0.549. The van der Waals surface area contributed by atoms with E-state index in [1.807, 2.05) is 6.07 Å². The van der Waals surface area contributed by atoms with Gasteiger partial charge in [0.2, 0.25) is 0 Å². The summed E-state index contributed by atoms with van der Waals surface area (Å²) in [5, 5.41) is 7.78. The molecule has 0 fully saturated rings. The summed E-state index contributed by atoms with van der Waals surface area (Å²) in [6, 6.07) is 6.79. The van der Waals surface area contributed by atoms with Crippen LogP contribution in [0.4, 0.5) is 0 Å². The van der Waals surface area contributed by atoms with Crippen molar-refractivity contribution in [2.24, 2.45) is 0 Å². The number of nitrogens with zero attached hydrogens (tertiary/aromatic N) is 1. The minimum atomic E-state index is 0.549. The number of benzene rings is 1. The van der Waals surface area contributed by atoms with E-state index in [1.165, 1.54) is 16.8 Å². The maximum absolute atomic E-state index is 6.03. The second-order valence-corrected chi connectivity index (χ2v) is 6.58. The molecule has 0 saturated heterocycles. The second kappa shape index (κ2) is 5.61. The standard InChI is InChI=1S/C15H17ClN2S/c1-10-18-14(9-19-10)4-5-17-15-7-11-2-3-13(16)6-12(11)8-15/h2-3,6,9,15,17H,4-5,7-8H2,1H3. The van der Waals surface area contributed by atoms with Gasteiger partial charge in [-0.3, -0.25) is 0 Å². The second-order valence-electron chi connectivity index (χ2n) is 5.08. The highest BCUT2D eigenvalue weighted by Crippen LogP contribution is 2.25. The number of halogens is 1. The number of rotatable bonds is 4. The third-order valence-corrected chi connectivity index (χ3v) is 4.64. The molecule has 1 aromatic carbocycles. The number of hydrogen-bond acceptors (Lipinski definition) is 3. The molecule has 2 aromatic rings. The van der Waals surface area contributed by atoms with E-state index in [2.05, 4.69) is 34.7 Å². The van der Waals surface area contributed by atoms with Gasteiger partial charge in [0, 0.05) is 29.4 Å². The Balaban J connectivity index is 1.51. The number of nitrogens with one attached hydrogen (secondary N) is 1. The van der Waals surface area contributed by atoms with Gasteiger partial charge in [0.1, 0.15) is 0 Å². The average molecular weight is 293 g/mol. The largest absolute Gasteiger partial charge is 0.313 e. The number of fused-ring (bicyclic) bond motifs is 1. The van der Waals surface area contributed by atoms with Crippen molar-refractivity contribution in [1.82, 2.24) is 10.3 Å². The summed E-state index contributed by atoms with van der Waals surface area (Å²) < 4.78 is 0. The molecule has 1 aliphatic rings. The first-order chi connectivity index (χ1) is 9.20. The van der Waals surface area contributed by atoms with Crippen molar-refractivity contribution >= 4 is 22.9 Å². The molecule has 4 heteroatoms. The third kappa shape index (κ3) is 3.16. The van der Waals surface area contributed by atoms with Crippen LogP contribution in [0.3, 0.4) is 0 Å². The fourth-order valence-electron chi connectivity index (χ4n) is 2.66. The zero-order chi connectivity index (χ0) is 13.2. The quantitative estimate of drug-likeness (QED) is 0.934. The van der Waals surface area contributed by atoms with Crippen molar-refractivity contribution in [1.29, 1.82) is 0 Å². The molecule has 1 aromatic heterocycles. The SMILES string of the molecule is Cc1nc(CCNC2Cc3ccc(Cl)cc3C2)cs1. The Kier molecular flexibility index (Phi) is 3.87. The molecule has 0 saturated carbocycles. The van der Waals surface area contributed by atoms with E-state index < -0.39 is 0 Å². The van der Waals surface area contributed by atoms with Crippen LogP contribution < -0.4 is 5.32 Å². The topological polar surface area (TPSA) is 24.9 Å². The molecule has 100 valence electrons. The molecule has 0 amide bonds. The van der Waals surface area contributed by atoms with E-state index in [0.717, 1.165) is 35.8 Å². The lowest BCUT2D eigenvalue weighted by Crippen LogP contribution is -2.31. The lowest BCUT2D eigenvalue weighted by Gasteiger charge is -2.10. The lowest BCUT2D eigenvalue weighted by molar-refractivity contribution is 0.534. The smallest absolute Gasteiger partial charge is 0.0897 e. The molecular weight excluding hydrogens is 276 g/mol.